The van der Waals surface area contributed by atoms with Crippen molar-refractivity contribution in [2.24, 2.45) is 7.05 Å². The number of Topliss-reactive ketones (excluding diaryl/α,β-unsaturated/α-hetero) is 1. The van der Waals surface area contributed by atoms with Gasteiger partial charge in [-0.15, -0.1) is 0 Å². The predicted octanol–water partition coefficient (Wildman–Crippen LogP) is 3.53. The largest absolute Gasteiger partial charge is 0.493 e. The number of aromatic nitrogens is 1. The van der Waals surface area contributed by atoms with Crippen LogP contribution in [-0.2, 0) is 18.2 Å². The molecule has 8 nitrogen and oxygen atoms in total. The van der Waals surface area contributed by atoms with Crippen LogP contribution in [0.25, 0.3) is 10.9 Å². The Morgan fingerprint density at radius 1 is 1.03 bits per heavy atom. The van der Waals surface area contributed by atoms with E-state index in [0.717, 1.165) is 5.52 Å². The summed E-state index contributed by atoms with van der Waals surface area (Å²) < 4.78 is 28.6. The summed E-state index contributed by atoms with van der Waals surface area (Å²) in [7, 11) is 4.86. The molecule has 31 heavy (non-hydrogen) atoms. The Hall–Kier alpha value is -3.68. The minimum absolute atomic E-state index is 0.00118. The molecule has 2 aromatic carbocycles. The van der Waals surface area contributed by atoms with Crippen LogP contribution < -0.4 is 18.9 Å². The number of ketones is 1. The molecule has 0 spiro atoms. The molecule has 0 fully saturated rings. The first-order chi connectivity index (χ1) is 15.0. The van der Waals surface area contributed by atoms with E-state index in [1.165, 1.54) is 14.2 Å². The monoisotopic (exact) mass is 425 g/mol. The average molecular weight is 425 g/mol. The Morgan fingerprint density at radius 3 is 2.42 bits per heavy atom. The number of ether oxygens (including phenoxy) is 5. The van der Waals surface area contributed by atoms with Gasteiger partial charge < -0.3 is 28.3 Å². The Bertz CT molecular complexity index is 1180. The van der Waals surface area contributed by atoms with Gasteiger partial charge in [0.2, 0.25) is 6.79 Å². The van der Waals surface area contributed by atoms with Crippen LogP contribution in [-0.4, -0.2) is 43.9 Å². The van der Waals surface area contributed by atoms with Crippen molar-refractivity contribution < 1.29 is 33.3 Å². The second-order valence-electron chi connectivity index (χ2n) is 6.99. The van der Waals surface area contributed by atoms with Gasteiger partial charge in [-0.2, -0.15) is 0 Å². The van der Waals surface area contributed by atoms with Crippen molar-refractivity contribution in [2.75, 3.05) is 27.6 Å². The number of carbonyl (C=O) groups is 2. The molecule has 4 rings (SSSR count). The van der Waals surface area contributed by atoms with Crippen LogP contribution in [0.15, 0.2) is 30.3 Å². The second-order valence-corrected chi connectivity index (χ2v) is 6.99. The van der Waals surface area contributed by atoms with Crippen LogP contribution in [0.1, 0.15) is 33.3 Å². The number of hydrogen-bond acceptors (Lipinski definition) is 7. The molecule has 0 unspecified atom stereocenters. The Labute approximate surface area is 179 Å². The van der Waals surface area contributed by atoms with Crippen LogP contribution in [0, 0.1) is 0 Å². The number of benzene rings is 2. The molecule has 1 aliphatic heterocycles. The average Bonchev–Trinajstić information content (AvgIpc) is 3.34. The summed E-state index contributed by atoms with van der Waals surface area (Å²) in [6, 6.07) is 8.55. The molecule has 0 saturated carbocycles. The summed E-state index contributed by atoms with van der Waals surface area (Å²) in [6.07, 6.45) is 0.00118. The smallest absolute Gasteiger partial charge is 0.340 e. The van der Waals surface area contributed by atoms with Gasteiger partial charge in [-0.3, -0.25) is 4.79 Å². The minimum Gasteiger partial charge on any atom is -0.493 e. The maximum atomic E-state index is 13.1. The number of aryl methyl sites for hydroxylation is 1. The van der Waals surface area contributed by atoms with E-state index in [2.05, 4.69) is 0 Å². The SMILES string of the molecule is CCOC(=O)c1c(CC(=O)c2ccc(OC)c(OC)c2)n(C)c2cc3c(cc12)OCO3. The van der Waals surface area contributed by atoms with Gasteiger partial charge in [0.05, 0.1) is 38.3 Å². The first kappa shape index (κ1) is 20.6. The van der Waals surface area contributed by atoms with E-state index >= 15 is 0 Å². The van der Waals surface area contributed by atoms with Crippen molar-refractivity contribution in [3.8, 4) is 23.0 Å². The van der Waals surface area contributed by atoms with Gasteiger partial charge in [-0.05, 0) is 31.2 Å². The van der Waals surface area contributed by atoms with Crippen molar-refractivity contribution in [3.05, 3.63) is 47.2 Å². The molecule has 0 amide bonds. The fraction of sp³-hybridized carbons (Fsp3) is 0.304. The van der Waals surface area contributed by atoms with Crippen LogP contribution in [0.5, 0.6) is 23.0 Å². The van der Waals surface area contributed by atoms with Gasteiger partial charge >= 0.3 is 5.97 Å². The summed E-state index contributed by atoms with van der Waals surface area (Å²) in [5.74, 6) is 1.49. The van der Waals surface area contributed by atoms with E-state index < -0.39 is 5.97 Å². The molecule has 3 aromatic rings. The van der Waals surface area contributed by atoms with E-state index in [1.807, 2.05) is 17.7 Å². The normalized spacial score (nSPS) is 12.1. The number of fused-ring (bicyclic) bond motifs is 2. The van der Waals surface area contributed by atoms with Crippen molar-refractivity contribution in [3.63, 3.8) is 0 Å². The van der Waals surface area contributed by atoms with Crippen LogP contribution in [0.4, 0.5) is 0 Å². The first-order valence-electron chi connectivity index (χ1n) is 9.81. The zero-order valence-electron chi connectivity index (χ0n) is 17.8. The standard InChI is InChI=1S/C23H23NO7/c1-5-29-23(26)22-14-9-20-21(31-12-30-20)11-15(14)24(2)16(22)10-17(25)13-6-7-18(27-3)19(8-13)28-4/h6-9,11H,5,10,12H2,1-4H3. The van der Waals surface area contributed by atoms with Gasteiger partial charge in [0.25, 0.3) is 0 Å². The lowest BCUT2D eigenvalue weighted by Gasteiger charge is -2.10. The highest BCUT2D eigenvalue weighted by Gasteiger charge is 2.27. The first-order valence-corrected chi connectivity index (χ1v) is 9.81. The molecule has 0 radical (unpaired) electrons. The van der Waals surface area contributed by atoms with E-state index in [4.69, 9.17) is 23.7 Å². The highest BCUT2D eigenvalue weighted by molar-refractivity contribution is 6.09. The van der Waals surface area contributed by atoms with Gasteiger partial charge in [0, 0.05) is 29.8 Å². The third-order valence-corrected chi connectivity index (χ3v) is 5.33. The van der Waals surface area contributed by atoms with Crippen molar-refractivity contribution >= 4 is 22.7 Å². The third kappa shape index (κ3) is 3.54. The molecule has 1 aliphatic rings. The van der Waals surface area contributed by atoms with Gasteiger partial charge in [0.15, 0.2) is 28.8 Å². The Kier molecular flexibility index (Phi) is 5.46. The Morgan fingerprint density at radius 2 is 1.74 bits per heavy atom. The maximum Gasteiger partial charge on any atom is 0.340 e. The molecule has 0 saturated heterocycles. The predicted molar refractivity (Wildman–Crippen MR) is 113 cm³/mol. The van der Waals surface area contributed by atoms with E-state index in [-0.39, 0.29) is 25.6 Å². The van der Waals surface area contributed by atoms with Crippen LogP contribution >= 0.6 is 0 Å². The molecule has 2 heterocycles. The van der Waals surface area contributed by atoms with Gasteiger partial charge in [0.1, 0.15) is 0 Å². The van der Waals surface area contributed by atoms with Crippen molar-refractivity contribution in [2.45, 2.75) is 13.3 Å². The quantitative estimate of drug-likeness (QED) is 0.423. The molecular weight excluding hydrogens is 402 g/mol. The molecular formula is C23H23NO7. The zero-order valence-corrected chi connectivity index (χ0v) is 17.8. The van der Waals surface area contributed by atoms with E-state index in [1.54, 1.807) is 31.2 Å². The fourth-order valence-electron chi connectivity index (χ4n) is 3.78. The zero-order chi connectivity index (χ0) is 22.1. The minimum atomic E-state index is -0.484. The number of esters is 1. The lowest BCUT2D eigenvalue weighted by atomic mass is 10.0. The summed E-state index contributed by atoms with van der Waals surface area (Å²) in [5.41, 5.74) is 2.11. The van der Waals surface area contributed by atoms with E-state index in [0.29, 0.717) is 45.2 Å². The van der Waals surface area contributed by atoms with Crippen LogP contribution in [0.3, 0.4) is 0 Å². The number of carbonyl (C=O) groups excluding carboxylic acids is 2. The Balaban J connectivity index is 1.79. The third-order valence-electron chi connectivity index (χ3n) is 5.33. The summed E-state index contributed by atoms with van der Waals surface area (Å²) >= 11 is 0. The summed E-state index contributed by atoms with van der Waals surface area (Å²) in [4.78, 5) is 26.0. The topological polar surface area (TPSA) is 85.2 Å². The fourth-order valence-corrected chi connectivity index (χ4v) is 3.78. The highest BCUT2D eigenvalue weighted by Crippen LogP contribution is 2.39. The lowest BCUT2D eigenvalue weighted by molar-refractivity contribution is 0.0527. The maximum absolute atomic E-state index is 13.1. The molecule has 1 aromatic heterocycles. The molecule has 162 valence electrons. The van der Waals surface area contributed by atoms with Gasteiger partial charge in [-0.25, -0.2) is 4.79 Å². The van der Waals surface area contributed by atoms with E-state index in [9.17, 15) is 9.59 Å². The lowest BCUT2D eigenvalue weighted by Crippen LogP contribution is -2.13. The van der Waals surface area contributed by atoms with Crippen LogP contribution in [0.2, 0.25) is 0 Å². The van der Waals surface area contributed by atoms with Crippen molar-refractivity contribution in [1.82, 2.24) is 4.57 Å². The summed E-state index contributed by atoms with van der Waals surface area (Å²) in [6.45, 7) is 2.10. The molecule has 8 heteroatoms. The number of nitrogens with zero attached hydrogens (tertiary/aromatic N) is 1. The second kappa shape index (κ2) is 8.22. The van der Waals surface area contributed by atoms with Gasteiger partial charge in [-0.1, -0.05) is 0 Å². The molecule has 0 bridgehead atoms. The number of methoxy groups -OCH3 is 2. The van der Waals surface area contributed by atoms with Crippen molar-refractivity contribution in [1.29, 1.82) is 0 Å². The molecule has 0 aliphatic carbocycles. The number of hydrogen-bond donors (Lipinski definition) is 0. The molecule has 0 atom stereocenters. The number of rotatable bonds is 7. The summed E-state index contributed by atoms with van der Waals surface area (Å²) in [5, 5.41) is 0.653. The molecule has 0 N–H and O–H groups in total. The highest BCUT2D eigenvalue weighted by atomic mass is 16.7.